The summed E-state index contributed by atoms with van der Waals surface area (Å²) in [5, 5.41) is 22.8. The Morgan fingerprint density at radius 3 is 1.39 bits per heavy atom. The highest BCUT2D eigenvalue weighted by molar-refractivity contribution is 4.97. The molecule has 1 saturated carbocycles. The highest BCUT2D eigenvalue weighted by Gasteiger charge is 2.48. The van der Waals surface area contributed by atoms with E-state index in [0.29, 0.717) is 23.7 Å². The van der Waals surface area contributed by atoms with Crippen LogP contribution in [0.5, 0.6) is 0 Å². The summed E-state index contributed by atoms with van der Waals surface area (Å²) in [7, 11) is 0. The highest BCUT2D eigenvalue weighted by atomic mass is 16.3. The molecule has 1 aliphatic rings. The van der Waals surface area contributed by atoms with E-state index in [-0.39, 0.29) is 45.7 Å². The lowest BCUT2D eigenvalue weighted by molar-refractivity contribution is -0.0972. The standard InChI is InChI=1S/C29H58O2/c1-18(15-21(27(6,7)8)24(30)19(2)26(3,4)5)20-16-22(28(9,10)11)25(31)23(17-20)29(12,13)14/h18-25,30-31H,15-17H2,1-14H3. The van der Waals surface area contributed by atoms with Crippen molar-refractivity contribution in [3.8, 4) is 0 Å². The van der Waals surface area contributed by atoms with Crippen LogP contribution in [0.15, 0.2) is 0 Å². The van der Waals surface area contributed by atoms with Gasteiger partial charge in [0.25, 0.3) is 0 Å². The van der Waals surface area contributed by atoms with Crippen molar-refractivity contribution in [2.45, 2.75) is 128 Å². The first-order valence-corrected chi connectivity index (χ1v) is 12.9. The van der Waals surface area contributed by atoms with Crippen LogP contribution in [0.1, 0.15) is 116 Å². The highest BCUT2D eigenvalue weighted by Crippen LogP contribution is 2.52. The summed E-state index contributed by atoms with van der Waals surface area (Å²) < 4.78 is 0. The molecule has 6 unspecified atom stereocenters. The number of rotatable bonds is 5. The van der Waals surface area contributed by atoms with E-state index in [2.05, 4.69) is 96.9 Å². The molecule has 0 aliphatic heterocycles. The molecule has 1 rings (SSSR count). The molecule has 0 spiro atoms. The average Bonchev–Trinajstić information content (AvgIpc) is 2.54. The van der Waals surface area contributed by atoms with E-state index in [9.17, 15) is 10.2 Å². The van der Waals surface area contributed by atoms with Gasteiger partial charge in [-0.3, -0.25) is 0 Å². The van der Waals surface area contributed by atoms with Crippen LogP contribution in [0.3, 0.4) is 0 Å². The van der Waals surface area contributed by atoms with Crippen LogP contribution in [0.2, 0.25) is 0 Å². The molecule has 2 heteroatoms. The van der Waals surface area contributed by atoms with Crippen LogP contribution < -0.4 is 0 Å². The predicted octanol–water partition coefficient (Wildman–Crippen LogP) is 7.81. The van der Waals surface area contributed by atoms with Gasteiger partial charge in [-0.15, -0.1) is 0 Å². The van der Waals surface area contributed by atoms with Crippen LogP contribution in [0, 0.1) is 57.2 Å². The maximum atomic E-state index is 11.5. The molecule has 1 aliphatic carbocycles. The fourth-order valence-electron chi connectivity index (χ4n) is 5.96. The quantitative estimate of drug-likeness (QED) is 0.459. The third-order valence-electron chi connectivity index (χ3n) is 9.00. The smallest absolute Gasteiger partial charge is 0.0606 e. The van der Waals surface area contributed by atoms with Gasteiger partial charge < -0.3 is 10.2 Å². The molecule has 0 radical (unpaired) electrons. The van der Waals surface area contributed by atoms with Crippen molar-refractivity contribution in [2.24, 2.45) is 57.2 Å². The Morgan fingerprint density at radius 1 is 0.710 bits per heavy atom. The predicted molar refractivity (Wildman–Crippen MR) is 136 cm³/mol. The molecule has 0 saturated heterocycles. The molecule has 0 bridgehead atoms. The summed E-state index contributed by atoms with van der Waals surface area (Å²) in [6, 6.07) is 0. The molecule has 1 fully saturated rings. The van der Waals surface area contributed by atoms with Crippen molar-refractivity contribution in [1.29, 1.82) is 0 Å². The van der Waals surface area contributed by atoms with Crippen LogP contribution in [0.25, 0.3) is 0 Å². The Balaban J connectivity index is 3.18. The Labute approximate surface area is 196 Å². The SMILES string of the molecule is CC(CC(C(O)C(C)C(C)(C)C)C(C)(C)C)C1CC(C(C)(C)C)C(O)C(C(C)(C)C)C1. The second-order valence-corrected chi connectivity index (χ2v) is 15.5. The van der Waals surface area contributed by atoms with Gasteiger partial charge in [-0.2, -0.15) is 0 Å². The second-order valence-electron chi connectivity index (χ2n) is 15.5. The minimum absolute atomic E-state index is 0.0637. The normalized spacial score (nSPS) is 30.6. The van der Waals surface area contributed by atoms with Crippen molar-refractivity contribution in [2.75, 3.05) is 0 Å². The van der Waals surface area contributed by atoms with Gasteiger partial charge in [0.05, 0.1) is 12.2 Å². The van der Waals surface area contributed by atoms with E-state index in [4.69, 9.17) is 0 Å². The summed E-state index contributed by atoms with van der Waals surface area (Å²) in [5.41, 5.74) is 0.361. The lowest BCUT2D eigenvalue weighted by Crippen LogP contribution is -2.49. The summed E-state index contributed by atoms with van der Waals surface area (Å²) in [6.45, 7) is 32.0. The van der Waals surface area contributed by atoms with Gasteiger partial charge in [0.2, 0.25) is 0 Å². The van der Waals surface area contributed by atoms with Crippen molar-refractivity contribution in [3.63, 3.8) is 0 Å². The summed E-state index contributed by atoms with van der Waals surface area (Å²) in [4.78, 5) is 0. The topological polar surface area (TPSA) is 40.5 Å². The summed E-state index contributed by atoms with van der Waals surface area (Å²) in [5.74, 6) is 2.30. The first kappa shape index (κ1) is 29.0. The van der Waals surface area contributed by atoms with Gasteiger partial charge in [0.15, 0.2) is 0 Å². The zero-order valence-corrected chi connectivity index (χ0v) is 23.6. The molecule has 2 N–H and O–H groups in total. The number of aliphatic hydroxyl groups excluding tert-OH is 2. The minimum Gasteiger partial charge on any atom is -0.393 e. The third kappa shape index (κ3) is 7.46. The molecule has 0 aromatic heterocycles. The van der Waals surface area contributed by atoms with Crippen molar-refractivity contribution < 1.29 is 10.2 Å². The molecular weight excluding hydrogens is 380 g/mol. The van der Waals surface area contributed by atoms with Gasteiger partial charge in [-0.1, -0.05) is 96.9 Å². The maximum Gasteiger partial charge on any atom is 0.0606 e. The van der Waals surface area contributed by atoms with Gasteiger partial charge in [-0.05, 0) is 76.4 Å². The van der Waals surface area contributed by atoms with Gasteiger partial charge in [0, 0.05) is 0 Å². The largest absolute Gasteiger partial charge is 0.393 e. The lowest BCUT2D eigenvalue weighted by Gasteiger charge is -2.51. The number of hydrogen-bond acceptors (Lipinski definition) is 2. The van der Waals surface area contributed by atoms with E-state index < -0.39 is 0 Å². The fraction of sp³-hybridized carbons (Fsp3) is 1.00. The van der Waals surface area contributed by atoms with E-state index in [1.807, 2.05) is 0 Å². The first-order chi connectivity index (χ1) is 13.6. The van der Waals surface area contributed by atoms with E-state index in [0.717, 1.165) is 19.3 Å². The van der Waals surface area contributed by atoms with Crippen molar-refractivity contribution in [1.82, 2.24) is 0 Å². The van der Waals surface area contributed by atoms with Crippen LogP contribution in [-0.2, 0) is 0 Å². The molecule has 0 amide bonds. The molecule has 0 aromatic carbocycles. The van der Waals surface area contributed by atoms with Crippen molar-refractivity contribution in [3.05, 3.63) is 0 Å². The molecule has 2 nitrogen and oxygen atoms in total. The van der Waals surface area contributed by atoms with Gasteiger partial charge >= 0.3 is 0 Å². The van der Waals surface area contributed by atoms with Gasteiger partial charge in [0.1, 0.15) is 0 Å². The van der Waals surface area contributed by atoms with E-state index in [1.165, 1.54) is 0 Å². The zero-order chi connectivity index (χ0) is 24.7. The number of hydrogen-bond donors (Lipinski definition) is 2. The maximum absolute atomic E-state index is 11.5. The van der Waals surface area contributed by atoms with Crippen LogP contribution >= 0.6 is 0 Å². The minimum atomic E-state index is -0.298. The molecule has 0 heterocycles. The van der Waals surface area contributed by atoms with Crippen LogP contribution in [0.4, 0.5) is 0 Å². The third-order valence-corrected chi connectivity index (χ3v) is 9.00. The molecule has 6 atom stereocenters. The second kappa shape index (κ2) is 9.65. The van der Waals surface area contributed by atoms with E-state index >= 15 is 0 Å². The van der Waals surface area contributed by atoms with Crippen LogP contribution in [-0.4, -0.2) is 22.4 Å². The molecule has 31 heavy (non-hydrogen) atoms. The fourth-order valence-corrected chi connectivity index (χ4v) is 5.96. The first-order valence-electron chi connectivity index (χ1n) is 12.9. The lowest BCUT2D eigenvalue weighted by atomic mass is 9.56. The molecule has 186 valence electrons. The summed E-state index contributed by atoms with van der Waals surface area (Å²) in [6.07, 6.45) is 2.72. The Bertz CT molecular complexity index is 527. The van der Waals surface area contributed by atoms with Crippen molar-refractivity contribution >= 4 is 0 Å². The number of aliphatic hydroxyl groups is 2. The summed E-state index contributed by atoms with van der Waals surface area (Å²) >= 11 is 0. The Hall–Kier alpha value is -0.0800. The van der Waals surface area contributed by atoms with Gasteiger partial charge in [-0.25, -0.2) is 0 Å². The Morgan fingerprint density at radius 2 is 1.10 bits per heavy atom. The Kier molecular flexibility index (Phi) is 9.01. The average molecular weight is 439 g/mol. The zero-order valence-electron chi connectivity index (χ0n) is 23.6. The monoisotopic (exact) mass is 438 g/mol. The van der Waals surface area contributed by atoms with E-state index in [1.54, 1.807) is 0 Å². The molecular formula is C29H58O2. The molecule has 0 aromatic rings.